The van der Waals surface area contributed by atoms with Crippen molar-refractivity contribution < 1.29 is 8.42 Å². The topological polar surface area (TPSA) is 118 Å². The summed E-state index contributed by atoms with van der Waals surface area (Å²) < 4.78 is 29.0. The van der Waals surface area contributed by atoms with Gasteiger partial charge in [0.05, 0.1) is 22.0 Å². The zero-order chi connectivity index (χ0) is 25.0. The van der Waals surface area contributed by atoms with E-state index in [-0.39, 0.29) is 22.2 Å². The van der Waals surface area contributed by atoms with Gasteiger partial charge in [0.1, 0.15) is 5.82 Å². The second-order valence-electron chi connectivity index (χ2n) is 7.69. The highest BCUT2D eigenvalue weighted by atomic mass is 32.2. The lowest BCUT2D eigenvalue weighted by molar-refractivity contribution is 0.601. The molecule has 2 N–H and O–H groups in total. The highest BCUT2D eigenvalue weighted by Gasteiger charge is 2.15. The number of hydrogen-bond donors (Lipinski definition) is 2. The van der Waals surface area contributed by atoms with Gasteiger partial charge in [0.15, 0.2) is 0 Å². The van der Waals surface area contributed by atoms with Crippen molar-refractivity contribution in [2.45, 2.75) is 4.90 Å². The monoisotopic (exact) mass is 496 g/mol. The third kappa shape index (κ3) is 4.98. The molecule has 36 heavy (non-hydrogen) atoms. The Bertz CT molecular complexity index is 1700. The first-order valence-corrected chi connectivity index (χ1v) is 12.4. The largest absolute Gasteiger partial charge is 0.324 e. The molecule has 0 fully saturated rings. The Hall–Kier alpha value is -4.83. The van der Waals surface area contributed by atoms with Gasteiger partial charge in [-0.15, -0.1) is 0 Å². The minimum atomic E-state index is -3.82. The van der Waals surface area contributed by atoms with Crippen LogP contribution in [0.5, 0.6) is 0 Å². The third-order valence-corrected chi connectivity index (χ3v) is 6.57. The zero-order valence-corrected chi connectivity index (χ0v) is 19.6. The van der Waals surface area contributed by atoms with Crippen LogP contribution in [0.1, 0.15) is 5.56 Å². The first-order valence-electron chi connectivity index (χ1n) is 10.9. The predicted octanol–water partition coefficient (Wildman–Crippen LogP) is 4.22. The Morgan fingerprint density at radius 3 is 2.31 bits per heavy atom. The predicted molar refractivity (Wildman–Crippen MR) is 140 cm³/mol. The summed E-state index contributed by atoms with van der Waals surface area (Å²) in [5, 5.41) is 7.87. The number of rotatable bonds is 7. The molecule has 0 aliphatic carbocycles. The van der Waals surface area contributed by atoms with Gasteiger partial charge in [-0.25, -0.2) is 18.4 Å². The summed E-state index contributed by atoms with van der Waals surface area (Å²) in [6.45, 7) is 0. The molecule has 5 rings (SSSR count). The van der Waals surface area contributed by atoms with Gasteiger partial charge in [0.25, 0.3) is 15.6 Å². The van der Waals surface area contributed by atoms with Crippen molar-refractivity contribution in [3.8, 4) is 0 Å². The highest BCUT2D eigenvalue weighted by molar-refractivity contribution is 7.92. The van der Waals surface area contributed by atoms with Crippen molar-refractivity contribution in [1.29, 1.82) is 0 Å². The molecule has 10 heteroatoms. The Morgan fingerprint density at radius 2 is 1.56 bits per heavy atom. The quantitative estimate of drug-likeness (QED) is 0.326. The van der Waals surface area contributed by atoms with Gasteiger partial charge in [-0.3, -0.25) is 9.52 Å². The molecule has 0 amide bonds. The van der Waals surface area contributed by atoms with E-state index in [1.807, 2.05) is 30.3 Å². The minimum absolute atomic E-state index is 0.0599. The van der Waals surface area contributed by atoms with Crippen LogP contribution in [0.2, 0.25) is 0 Å². The fraction of sp³-hybridized carbons (Fsp3) is 0. The van der Waals surface area contributed by atoms with E-state index in [1.54, 1.807) is 60.8 Å². The Labute approximate surface area is 206 Å². The smallest absolute Gasteiger partial charge is 0.283 e. The molecule has 0 bridgehead atoms. The first-order chi connectivity index (χ1) is 17.5. The van der Waals surface area contributed by atoms with E-state index in [0.717, 1.165) is 5.56 Å². The van der Waals surface area contributed by atoms with E-state index in [2.05, 4.69) is 25.1 Å². The van der Waals surface area contributed by atoms with Gasteiger partial charge in [0, 0.05) is 11.9 Å². The zero-order valence-electron chi connectivity index (χ0n) is 18.8. The average Bonchev–Trinajstić information content (AvgIpc) is 2.90. The fourth-order valence-corrected chi connectivity index (χ4v) is 4.45. The summed E-state index contributed by atoms with van der Waals surface area (Å²) in [6.07, 6.45) is 3.07. The van der Waals surface area contributed by atoms with Crippen LogP contribution in [0.25, 0.3) is 10.9 Å². The van der Waals surface area contributed by atoms with E-state index >= 15 is 0 Å². The lowest BCUT2D eigenvalue weighted by Crippen LogP contribution is -2.21. The van der Waals surface area contributed by atoms with E-state index in [0.29, 0.717) is 16.6 Å². The van der Waals surface area contributed by atoms with Crippen molar-refractivity contribution >= 4 is 44.6 Å². The maximum absolute atomic E-state index is 13.2. The van der Waals surface area contributed by atoms with Gasteiger partial charge in [0.2, 0.25) is 5.95 Å². The highest BCUT2D eigenvalue weighted by Crippen LogP contribution is 2.20. The number of pyridine rings is 1. The molecule has 0 saturated heterocycles. The summed E-state index contributed by atoms with van der Waals surface area (Å²) in [5.41, 5.74) is 1.51. The summed E-state index contributed by atoms with van der Waals surface area (Å²) in [6, 6.07) is 27.4. The summed E-state index contributed by atoms with van der Waals surface area (Å²) in [7, 11) is -3.82. The van der Waals surface area contributed by atoms with Gasteiger partial charge >= 0.3 is 0 Å². The van der Waals surface area contributed by atoms with Crippen molar-refractivity contribution in [2.24, 2.45) is 5.10 Å². The SMILES string of the molecule is O=c1c2ccccc2nc(Nc2ccc(S(=O)(=O)Nc3ccccn3)cc2)n1/N=C/c1ccccc1. The van der Waals surface area contributed by atoms with Crippen molar-refractivity contribution in [3.05, 3.63) is 119 Å². The number of benzene rings is 3. The van der Waals surface area contributed by atoms with E-state index < -0.39 is 10.0 Å². The molecular weight excluding hydrogens is 476 g/mol. The van der Waals surface area contributed by atoms with Crippen LogP contribution >= 0.6 is 0 Å². The number of anilines is 3. The van der Waals surface area contributed by atoms with E-state index in [4.69, 9.17) is 0 Å². The molecule has 5 aromatic rings. The molecular formula is C26H20N6O3S. The number of nitrogens with one attached hydrogen (secondary N) is 2. The van der Waals surface area contributed by atoms with Gasteiger partial charge in [-0.05, 0) is 54.1 Å². The van der Waals surface area contributed by atoms with Crippen molar-refractivity contribution in [3.63, 3.8) is 0 Å². The maximum Gasteiger partial charge on any atom is 0.283 e. The summed E-state index contributed by atoms with van der Waals surface area (Å²) in [5.74, 6) is 0.411. The molecule has 2 heterocycles. The standard InChI is InChI=1S/C26H20N6O3S/c33-25-22-10-4-5-11-23(22)30-26(32(25)28-18-19-8-2-1-3-9-19)29-20-13-15-21(16-14-20)36(34,35)31-24-12-6-7-17-27-24/h1-18H,(H,27,31)(H,29,30)/b28-18+. The van der Waals surface area contributed by atoms with E-state index in [9.17, 15) is 13.2 Å². The second-order valence-corrected chi connectivity index (χ2v) is 9.38. The van der Waals surface area contributed by atoms with Gasteiger partial charge in [-0.1, -0.05) is 48.5 Å². The van der Waals surface area contributed by atoms with Gasteiger partial charge < -0.3 is 5.32 Å². The van der Waals surface area contributed by atoms with Crippen LogP contribution in [0.4, 0.5) is 17.5 Å². The maximum atomic E-state index is 13.2. The molecule has 9 nitrogen and oxygen atoms in total. The Kier molecular flexibility index (Phi) is 6.25. The van der Waals surface area contributed by atoms with Crippen LogP contribution in [0.15, 0.2) is 118 Å². The van der Waals surface area contributed by atoms with Crippen LogP contribution in [-0.2, 0) is 10.0 Å². The molecule has 3 aromatic carbocycles. The number of nitrogens with zero attached hydrogens (tertiary/aromatic N) is 4. The first kappa shape index (κ1) is 22.9. The third-order valence-electron chi connectivity index (χ3n) is 5.20. The summed E-state index contributed by atoms with van der Waals surface area (Å²) in [4.78, 5) is 21.8. The lowest BCUT2D eigenvalue weighted by Gasteiger charge is -2.12. The molecule has 0 radical (unpaired) electrons. The molecule has 0 aliphatic rings. The number of para-hydroxylation sites is 1. The number of aromatic nitrogens is 3. The molecule has 0 aliphatic heterocycles. The van der Waals surface area contributed by atoms with E-state index in [1.165, 1.54) is 23.0 Å². The Balaban J connectivity index is 1.47. The molecule has 0 spiro atoms. The average molecular weight is 497 g/mol. The molecule has 0 atom stereocenters. The van der Waals surface area contributed by atoms with Crippen molar-refractivity contribution in [1.82, 2.24) is 14.6 Å². The normalized spacial score (nSPS) is 11.6. The molecule has 2 aromatic heterocycles. The number of fused-ring (bicyclic) bond motifs is 1. The molecule has 178 valence electrons. The number of sulfonamides is 1. The second kappa shape index (κ2) is 9.80. The lowest BCUT2D eigenvalue weighted by atomic mass is 10.2. The molecule has 0 unspecified atom stereocenters. The Morgan fingerprint density at radius 1 is 0.833 bits per heavy atom. The van der Waals surface area contributed by atoms with Crippen LogP contribution in [0, 0.1) is 0 Å². The fourth-order valence-electron chi connectivity index (χ4n) is 3.44. The molecule has 0 saturated carbocycles. The van der Waals surface area contributed by atoms with Crippen LogP contribution in [0.3, 0.4) is 0 Å². The van der Waals surface area contributed by atoms with Crippen molar-refractivity contribution in [2.75, 3.05) is 10.0 Å². The van der Waals surface area contributed by atoms with Crippen LogP contribution < -0.4 is 15.6 Å². The van der Waals surface area contributed by atoms with Crippen LogP contribution in [-0.4, -0.2) is 29.3 Å². The summed E-state index contributed by atoms with van der Waals surface area (Å²) >= 11 is 0. The minimum Gasteiger partial charge on any atom is -0.324 e. The van der Waals surface area contributed by atoms with Gasteiger partial charge in [-0.2, -0.15) is 9.78 Å². The number of hydrogen-bond acceptors (Lipinski definition) is 7.